The molecule has 0 bridgehead atoms. The Kier molecular flexibility index (Phi) is 9.72. The summed E-state index contributed by atoms with van der Waals surface area (Å²) in [6.07, 6.45) is 6.87. The molecule has 1 aromatic heterocycles. The number of hydrogen-bond acceptors (Lipinski definition) is 3. The predicted molar refractivity (Wildman–Crippen MR) is 133 cm³/mol. The number of rotatable bonds is 6. The summed E-state index contributed by atoms with van der Waals surface area (Å²) in [4.78, 5) is 21.1. The lowest BCUT2D eigenvalue weighted by Crippen LogP contribution is -2.46. The molecule has 0 aromatic carbocycles. The number of nitrogens with zero attached hydrogens (tertiary/aromatic N) is 2. The Morgan fingerprint density at radius 2 is 2.03 bits per heavy atom. The van der Waals surface area contributed by atoms with Crippen molar-refractivity contribution in [3.05, 3.63) is 22.4 Å². The normalized spacial score (nSPS) is 21.0. The number of carbonyl (C=O) groups is 1. The lowest BCUT2D eigenvalue weighted by molar-refractivity contribution is -0.135. The van der Waals surface area contributed by atoms with Crippen LogP contribution in [0.15, 0.2) is 22.5 Å². The fourth-order valence-electron chi connectivity index (χ4n) is 4.22. The van der Waals surface area contributed by atoms with E-state index < -0.39 is 0 Å². The van der Waals surface area contributed by atoms with E-state index >= 15 is 0 Å². The highest BCUT2D eigenvalue weighted by molar-refractivity contribution is 14.0. The van der Waals surface area contributed by atoms with Gasteiger partial charge in [0.25, 0.3) is 0 Å². The van der Waals surface area contributed by atoms with Crippen LogP contribution in [0.5, 0.6) is 0 Å². The van der Waals surface area contributed by atoms with Gasteiger partial charge < -0.3 is 15.5 Å². The number of nitrogens with one attached hydrogen (secondary N) is 2. The van der Waals surface area contributed by atoms with Gasteiger partial charge in [-0.25, -0.2) is 0 Å². The summed E-state index contributed by atoms with van der Waals surface area (Å²) in [5, 5.41) is 9.07. The average molecular weight is 533 g/mol. The van der Waals surface area contributed by atoms with E-state index in [0.717, 1.165) is 51.4 Å². The molecule has 0 radical (unpaired) electrons. The largest absolute Gasteiger partial charge is 0.357 e. The minimum absolute atomic E-state index is 0. The van der Waals surface area contributed by atoms with Gasteiger partial charge in [0.1, 0.15) is 0 Å². The van der Waals surface area contributed by atoms with Crippen molar-refractivity contribution in [3.63, 3.8) is 0 Å². The van der Waals surface area contributed by atoms with Crippen LogP contribution in [0.2, 0.25) is 0 Å². The van der Waals surface area contributed by atoms with Crippen molar-refractivity contribution in [3.8, 4) is 0 Å². The second-order valence-electron chi connectivity index (χ2n) is 8.81. The fourth-order valence-corrected chi connectivity index (χ4v) is 5.06. The molecular weight excluding hydrogens is 495 g/mol. The SMILES string of the molecule is CCNC(=NCC(C)(C)c1cccs1)NC1CCN(C(=O)C2CCCCC2)C1.I. The van der Waals surface area contributed by atoms with Crippen molar-refractivity contribution < 1.29 is 4.79 Å². The van der Waals surface area contributed by atoms with Crippen molar-refractivity contribution in [2.24, 2.45) is 10.9 Å². The highest BCUT2D eigenvalue weighted by Crippen LogP contribution is 2.28. The number of halogens is 1. The maximum absolute atomic E-state index is 12.8. The smallest absolute Gasteiger partial charge is 0.225 e. The van der Waals surface area contributed by atoms with Gasteiger partial charge in [-0.2, -0.15) is 0 Å². The standard InChI is InChI=1S/C22H36N4OS.HI/c1-4-23-21(24-16-22(2,3)19-11-8-14-28-19)25-18-12-13-26(15-18)20(27)17-9-6-5-7-10-17;/h8,11,14,17-18H,4-7,9-10,12-13,15-16H2,1-3H3,(H2,23,24,25);1H. The Morgan fingerprint density at radius 1 is 1.28 bits per heavy atom. The van der Waals surface area contributed by atoms with Crippen molar-refractivity contribution >= 4 is 47.2 Å². The highest BCUT2D eigenvalue weighted by Gasteiger charge is 2.32. The number of carbonyl (C=O) groups excluding carboxylic acids is 1. The van der Waals surface area contributed by atoms with Gasteiger partial charge >= 0.3 is 0 Å². The van der Waals surface area contributed by atoms with E-state index in [-0.39, 0.29) is 41.4 Å². The van der Waals surface area contributed by atoms with Crippen LogP contribution in [-0.4, -0.2) is 49.0 Å². The summed E-state index contributed by atoms with van der Waals surface area (Å²) in [5.41, 5.74) is 0.0230. The number of hydrogen-bond donors (Lipinski definition) is 2. The third kappa shape index (κ3) is 6.84. The van der Waals surface area contributed by atoms with Crippen LogP contribution in [0, 0.1) is 5.92 Å². The van der Waals surface area contributed by atoms with Crippen molar-refractivity contribution in [2.75, 3.05) is 26.2 Å². The Bertz CT molecular complexity index is 656. The Hall–Kier alpha value is -0.830. The molecule has 2 aliphatic rings. The van der Waals surface area contributed by atoms with Crippen molar-refractivity contribution in [1.29, 1.82) is 0 Å². The van der Waals surface area contributed by atoms with Crippen LogP contribution in [-0.2, 0) is 10.2 Å². The van der Waals surface area contributed by atoms with E-state index in [0.29, 0.717) is 5.91 Å². The molecule has 2 fully saturated rings. The second-order valence-corrected chi connectivity index (χ2v) is 9.75. The van der Waals surface area contributed by atoms with Crippen LogP contribution in [0.3, 0.4) is 0 Å². The molecule has 1 aliphatic heterocycles. The first-order chi connectivity index (χ1) is 13.5. The first kappa shape index (κ1) is 24.4. The van der Waals surface area contributed by atoms with E-state index in [1.807, 2.05) is 0 Å². The van der Waals surface area contributed by atoms with Gasteiger partial charge in [0.05, 0.1) is 6.54 Å². The summed E-state index contributed by atoms with van der Waals surface area (Å²) in [5.74, 6) is 1.51. The lowest BCUT2D eigenvalue weighted by atomic mass is 9.88. The molecule has 1 aromatic rings. The maximum atomic E-state index is 12.8. The number of amides is 1. The van der Waals surface area contributed by atoms with E-state index in [4.69, 9.17) is 4.99 Å². The van der Waals surface area contributed by atoms with Crippen molar-refractivity contribution in [2.45, 2.75) is 70.8 Å². The zero-order valence-electron chi connectivity index (χ0n) is 18.1. The van der Waals surface area contributed by atoms with Gasteiger partial charge in [0.15, 0.2) is 5.96 Å². The Balaban J connectivity index is 0.00000300. The molecule has 1 saturated carbocycles. The molecule has 29 heavy (non-hydrogen) atoms. The molecule has 164 valence electrons. The van der Waals surface area contributed by atoms with Crippen molar-refractivity contribution in [1.82, 2.24) is 15.5 Å². The molecule has 1 amide bonds. The van der Waals surface area contributed by atoms with Crippen LogP contribution < -0.4 is 10.6 Å². The molecule has 7 heteroatoms. The maximum Gasteiger partial charge on any atom is 0.225 e. The summed E-state index contributed by atoms with van der Waals surface area (Å²) >= 11 is 1.79. The molecule has 1 aliphatic carbocycles. The van der Waals surface area contributed by atoms with Crippen LogP contribution in [0.4, 0.5) is 0 Å². The molecule has 5 nitrogen and oxygen atoms in total. The highest BCUT2D eigenvalue weighted by atomic mass is 127. The summed E-state index contributed by atoms with van der Waals surface area (Å²) < 4.78 is 0. The third-order valence-corrected chi connectivity index (χ3v) is 7.20. The Morgan fingerprint density at radius 3 is 2.69 bits per heavy atom. The minimum Gasteiger partial charge on any atom is -0.357 e. The first-order valence-corrected chi connectivity index (χ1v) is 11.7. The van der Waals surface area contributed by atoms with Gasteiger partial charge in [-0.15, -0.1) is 35.3 Å². The number of aliphatic imine (C=N–C) groups is 1. The molecule has 1 unspecified atom stereocenters. The Labute approximate surface area is 197 Å². The molecule has 3 rings (SSSR count). The molecule has 2 heterocycles. The monoisotopic (exact) mass is 532 g/mol. The van der Waals surface area contributed by atoms with Gasteiger partial charge in [-0.3, -0.25) is 9.79 Å². The van der Waals surface area contributed by atoms with E-state index in [1.54, 1.807) is 11.3 Å². The van der Waals surface area contributed by atoms with Gasteiger partial charge in [0, 0.05) is 41.9 Å². The molecule has 2 N–H and O–H groups in total. The quantitative estimate of drug-likeness (QED) is 0.325. The zero-order valence-corrected chi connectivity index (χ0v) is 21.2. The van der Waals surface area contributed by atoms with E-state index in [2.05, 4.69) is 53.8 Å². The summed E-state index contributed by atoms with van der Waals surface area (Å²) in [7, 11) is 0. The molecule has 1 atom stereocenters. The molecule has 1 saturated heterocycles. The topological polar surface area (TPSA) is 56.7 Å². The van der Waals surface area contributed by atoms with Gasteiger partial charge in [-0.1, -0.05) is 39.2 Å². The fraction of sp³-hybridized carbons (Fsp3) is 0.727. The lowest BCUT2D eigenvalue weighted by Gasteiger charge is -2.26. The van der Waals surface area contributed by atoms with Gasteiger partial charge in [0.2, 0.25) is 5.91 Å². The van der Waals surface area contributed by atoms with E-state index in [1.165, 1.54) is 24.1 Å². The second kappa shape index (κ2) is 11.5. The van der Waals surface area contributed by atoms with E-state index in [9.17, 15) is 4.79 Å². The minimum atomic E-state index is 0. The third-order valence-electron chi connectivity index (χ3n) is 5.96. The zero-order chi connectivity index (χ0) is 20.0. The predicted octanol–water partition coefficient (Wildman–Crippen LogP) is 4.38. The molecule has 0 spiro atoms. The molecular formula is C22H37IN4OS. The first-order valence-electron chi connectivity index (χ1n) is 10.9. The number of likely N-dealkylation sites (tertiary alicyclic amines) is 1. The average Bonchev–Trinajstić information content (AvgIpc) is 3.39. The van der Waals surface area contributed by atoms with Crippen LogP contribution in [0.25, 0.3) is 0 Å². The number of thiophene rings is 1. The summed E-state index contributed by atoms with van der Waals surface area (Å²) in [6, 6.07) is 4.58. The van der Waals surface area contributed by atoms with Crippen LogP contribution in [0.1, 0.15) is 64.2 Å². The number of guanidine groups is 1. The summed E-state index contributed by atoms with van der Waals surface area (Å²) in [6.45, 7) is 9.82. The van der Waals surface area contributed by atoms with Gasteiger partial charge in [-0.05, 0) is 37.6 Å². The van der Waals surface area contributed by atoms with Crippen LogP contribution >= 0.6 is 35.3 Å².